The molecule has 0 bridgehead atoms. The Morgan fingerprint density at radius 1 is 1.30 bits per heavy atom. The van der Waals surface area contributed by atoms with Gasteiger partial charge >= 0.3 is 12.2 Å². The highest BCUT2D eigenvalue weighted by atomic mass is 19.4. The number of hydrogen-bond donors (Lipinski definition) is 2. The Morgan fingerprint density at radius 3 is 2.74 bits per heavy atom. The van der Waals surface area contributed by atoms with Crippen LogP contribution in [0.1, 0.15) is 37.9 Å². The van der Waals surface area contributed by atoms with Crippen molar-refractivity contribution in [3.8, 4) is 0 Å². The number of urea groups is 1. The summed E-state index contributed by atoms with van der Waals surface area (Å²) in [6, 6.07) is -2.76. The Bertz CT molecular complexity index is 553. The number of aryl methyl sites for hydroxylation is 1. The molecule has 1 aliphatic heterocycles. The van der Waals surface area contributed by atoms with E-state index in [0.29, 0.717) is 32.2 Å². The maximum absolute atomic E-state index is 13.2. The van der Waals surface area contributed by atoms with Gasteiger partial charge in [0.2, 0.25) is 0 Å². The molecule has 0 saturated heterocycles. The molecule has 1 fully saturated rings. The number of nitrogens with zero attached hydrogens (tertiary/aromatic N) is 3. The highest BCUT2D eigenvalue weighted by molar-refractivity contribution is 5.74. The third kappa shape index (κ3) is 3.76. The summed E-state index contributed by atoms with van der Waals surface area (Å²) in [5.41, 5.74) is 0. The van der Waals surface area contributed by atoms with Crippen molar-refractivity contribution < 1.29 is 18.0 Å². The Kier molecular flexibility index (Phi) is 4.45. The Morgan fingerprint density at radius 2 is 2.04 bits per heavy atom. The monoisotopic (exact) mass is 331 g/mol. The molecule has 1 aliphatic carbocycles. The standard InChI is InChI=1S/C14H20F3N5O/c15-14(16,17)12(9-3-1-2-4-9)21-13(23)20-10-5-6-11-18-8-19-22(11)7-10/h8-10,12H,1-7H2,(H2,20,21,23)/t10-,12-/m0/s1. The van der Waals surface area contributed by atoms with Crippen LogP contribution in [0.5, 0.6) is 0 Å². The number of rotatable bonds is 3. The lowest BCUT2D eigenvalue weighted by molar-refractivity contribution is -0.164. The van der Waals surface area contributed by atoms with Crippen LogP contribution in [-0.4, -0.2) is 39.1 Å². The molecule has 2 heterocycles. The Hall–Kier alpha value is -1.80. The number of alkyl halides is 3. The summed E-state index contributed by atoms with van der Waals surface area (Å²) in [4.78, 5) is 16.1. The number of halogens is 3. The van der Waals surface area contributed by atoms with Gasteiger partial charge in [-0.25, -0.2) is 14.5 Å². The van der Waals surface area contributed by atoms with Crippen molar-refractivity contribution in [3.63, 3.8) is 0 Å². The number of aromatic nitrogens is 3. The fourth-order valence-corrected chi connectivity index (χ4v) is 3.48. The predicted molar refractivity (Wildman–Crippen MR) is 75.6 cm³/mol. The molecule has 1 aromatic rings. The Balaban J connectivity index is 1.57. The lowest BCUT2D eigenvalue weighted by atomic mass is 9.98. The highest BCUT2D eigenvalue weighted by Crippen LogP contribution is 2.35. The van der Waals surface area contributed by atoms with E-state index in [9.17, 15) is 18.0 Å². The summed E-state index contributed by atoms with van der Waals surface area (Å²) in [6.45, 7) is 0.433. The average molecular weight is 331 g/mol. The molecule has 6 nitrogen and oxygen atoms in total. The van der Waals surface area contributed by atoms with Crippen molar-refractivity contribution in [2.75, 3.05) is 0 Å². The number of carbonyl (C=O) groups excluding carboxylic acids is 1. The summed E-state index contributed by atoms with van der Waals surface area (Å²) in [5.74, 6) is 0.316. The van der Waals surface area contributed by atoms with E-state index >= 15 is 0 Å². The van der Waals surface area contributed by atoms with Gasteiger partial charge in [-0.15, -0.1) is 0 Å². The molecule has 3 rings (SSSR count). The van der Waals surface area contributed by atoms with Crippen LogP contribution in [0.25, 0.3) is 0 Å². The third-order valence-electron chi connectivity index (χ3n) is 4.65. The first-order valence-corrected chi connectivity index (χ1v) is 7.94. The number of fused-ring (bicyclic) bond motifs is 1. The van der Waals surface area contributed by atoms with Crippen LogP contribution in [0.2, 0.25) is 0 Å². The van der Waals surface area contributed by atoms with Gasteiger partial charge in [0.15, 0.2) is 0 Å². The van der Waals surface area contributed by atoms with E-state index in [1.807, 2.05) is 0 Å². The first kappa shape index (κ1) is 16.1. The van der Waals surface area contributed by atoms with E-state index in [1.165, 1.54) is 6.33 Å². The van der Waals surface area contributed by atoms with Gasteiger partial charge in [0, 0.05) is 6.42 Å². The van der Waals surface area contributed by atoms with E-state index < -0.39 is 24.2 Å². The van der Waals surface area contributed by atoms with Crippen LogP contribution in [0.15, 0.2) is 6.33 Å². The summed E-state index contributed by atoms with van der Waals surface area (Å²) in [6.07, 6.45) is 0.918. The number of hydrogen-bond acceptors (Lipinski definition) is 3. The van der Waals surface area contributed by atoms with Crippen molar-refractivity contribution in [3.05, 3.63) is 12.2 Å². The van der Waals surface area contributed by atoms with Crippen molar-refractivity contribution >= 4 is 6.03 Å². The van der Waals surface area contributed by atoms with Crippen LogP contribution in [0, 0.1) is 5.92 Å². The maximum Gasteiger partial charge on any atom is 0.408 e. The normalized spacial score (nSPS) is 23.3. The number of nitrogens with one attached hydrogen (secondary N) is 2. The molecular weight excluding hydrogens is 311 g/mol. The predicted octanol–water partition coefficient (Wildman–Crippen LogP) is 2.01. The molecule has 9 heteroatoms. The Labute approximate surface area is 131 Å². The van der Waals surface area contributed by atoms with Crippen LogP contribution in [0.3, 0.4) is 0 Å². The minimum Gasteiger partial charge on any atom is -0.334 e. The molecule has 1 aromatic heterocycles. The molecule has 0 spiro atoms. The van der Waals surface area contributed by atoms with Gasteiger partial charge in [0.05, 0.1) is 12.6 Å². The lowest BCUT2D eigenvalue weighted by Gasteiger charge is -2.29. The minimum atomic E-state index is -4.42. The summed E-state index contributed by atoms with van der Waals surface area (Å²) >= 11 is 0. The second kappa shape index (κ2) is 6.37. The number of carbonyl (C=O) groups is 1. The molecule has 2 aliphatic rings. The van der Waals surface area contributed by atoms with Crippen molar-refractivity contribution in [2.24, 2.45) is 5.92 Å². The molecule has 2 N–H and O–H groups in total. The van der Waals surface area contributed by atoms with Crippen LogP contribution in [-0.2, 0) is 13.0 Å². The zero-order valence-electron chi connectivity index (χ0n) is 12.6. The molecule has 0 aromatic carbocycles. The first-order valence-electron chi connectivity index (χ1n) is 7.94. The lowest BCUT2D eigenvalue weighted by Crippen LogP contribution is -2.55. The summed E-state index contributed by atoms with van der Waals surface area (Å²) in [7, 11) is 0. The van der Waals surface area contributed by atoms with Gasteiger partial charge in [-0.05, 0) is 25.2 Å². The topological polar surface area (TPSA) is 71.8 Å². The summed E-state index contributed by atoms with van der Waals surface area (Å²) in [5, 5.41) is 8.81. The second-order valence-electron chi connectivity index (χ2n) is 6.28. The summed E-state index contributed by atoms with van der Waals surface area (Å²) < 4.78 is 41.3. The fourth-order valence-electron chi connectivity index (χ4n) is 3.48. The van der Waals surface area contributed by atoms with E-state index in [4.69, 9.17) is 0 Å². The van der Waals surface area contributed by atoms with E-state index in [2.05, 4.69) is 20.7 Å². The quantitative estimate of drug-likeness (QED) is 0.890. The molecule has 2 amide bonds. The second-order valence-corrected chi connectivity index (χ2v) is 6.28. The first-order chi connectivity index (χ1) is 10.9. The molecule has 0 unspecified atom stereocenters. The van der Waals surface area contributed by atoms with Crippen molar-refractivity contribution in [1.29, 1.82) is 0 Å². The number of amides is 2. The van der Waals surface area contributed by atoms with Gasteiger partial charge in [0.25, 0.3) is 0 Å². The van der Waals surface area contributed by atoms with Gasteiger partial charge < -0.3 is 10.6 Å². The smallest absolute Gasteiger partial charge is 0.334 e. The van der Waals surface area contributed by atoms with Gasteiger partial charge in [-0.2, -0.15) is 18.3 Å². The van der Waals surface area contributed by atoms with Crippen LogP contribution in [0.4, 0.5) is 18.0 Å². The molecule has 1 saturated carbocycles. The van der Waals surface area contributed by atoms with Gasteiger partial charge in [0.1, 0.15) is 18.2 Å². The molecule has 0 radical (unpaired) electrons. The van der Waals surface area contributed by atoms with E-state index in [0.717, 1.165) is 18.7 Å². The van der Waals surface area contributed by atoms with Crippen molar-refractivity contribution in [2.45, 2.75) is 63.3 Å². The highest BCUT2D eigenvalue weighted by Gasteiger charge is 2.46. The molecule has 128 valence electrons. The van der Waals surface area contributed by atoms with Crippen LogP contribution < -0.4 is 10.6 Å². The largest absolute Gasteiger partial charge is 0.408 e. The molecule has 2 atom stereocenters. The van der Waals surface area contributed by atoms with Crippen molar-refractivity contribution in [1.82, 2.24) is 25.4 Å². The van der Waals surface area contributed by atoms with Gasteiger partial charge in [-0.3, -0.25) is 0 Å². The van der Waals surface area contributed by atoms with E-state index in [-0.39, 0.29) is 6.04 Å². The third-order valence-corrected chi connectivity index (χ3v) is 4.65. The zero-order chi connectivity index (χ0) is 16.4. The van der Waals surface area contributed by atoms with E-state index in [1.54, 1.807) is 4.68 Å². The SMILES string of the molecule is O=C(N[C@H]1CCc2ncnn2C1)N[C@@H](C1CCCC1)C(F)(F)F. The molecule has 23 heavy (non-hydrogen) atoms. The van der Waals surface area contributed by atoms with Gasteiger partial charge in [-0.1, -0.05) is 12.8 Å². The average Bonchev–Trinajstić information content (AvgIpc) is 3.14. The molecular formula is C14H20F3N5O. The van der Waals surface area contributed by atoms with Crippen LogP contribution >= 0.6 is 0 Å². The maximum atomic E-state index is 13.2. The minimum absolute atomic E-state index is 0.235. The zero-order valence-corrected chi connectivity index (χ0v) is 12.6. The fraction of sp³-hybridized carbons (Fsp3) is 0.786.